The number of hydrogen-bond acceptors (Lipinski definition) is 4. The summed E-state index contributed by atoms with van der Waals surface area (Å²) >= 11 is 0. The Morgan fingerprint density at radius 3 is 1.74 bits per heavy atom. The molecule has 0 spiro atoms. The lowest BCUT2D eigenvalue weighted by Crippen LogP contribution is -2.49. The van der Waals surface area contributed by atoms with Gasteiger partial charge in [-0.05, 0) is 54.8 Å². The Morgan fingerprint density at radius 1 is 0.923 bits per heavy atom. The van der Waals surface area contributed by atoms with Crippen LogP contribution >= 0.6 is 0 Å². The van der Waals surface area contributed by atoms with Crippen LogP contribution in [0.5, 0.6) is 0 Å². The van der Waals surface area contributed by atoms with E-state index in [0.717, 1.165) is 12.8 Å². The van der Waals surface area contributed by atoms with E-state index >= 15 is 0 Å². The molecule has 6 nitrogen and oxygen atoms in total. The van der Waals surface area contributed by atoms with Gasteiger partial charge in [0.2, 0.25) is 5.91 Å². The quantitative estimate of drug-likeness (QED) is 0.240. The van der Waals surface area contributed by atoms with Crippen molar-refractivity contribution in [3.8, 4) is 0 Å². The second-order valence-corrected chi connectivity index (χ2v) is 14.6. The highest BCUT2D eigenvalue weighted by Gasteiger charge is 2.48. The van der Waals surface area contributed by atoms with Gasteiger partial charge in [0.25, 0.3) is 0 Å². The minimum absolute atomic E-state index is 0.0489. The van der Waals surface area contributed by atoms with E-state index in [1.807, 2.05) is 34.6 Å². The zero-order valence-corrected chi connectivity index (χ0v) is 27.1. The molecule has 1 saturated carbocycles. The van der Waals surface area contributed by atoms with Crippen LogP contribution < -0.4 is 5.32 Å². The zero-order chi connectivity index (χ0) is 30.1. The second-order valence-electron chi connectivity index (χ2n) is 14.6. The predicted octanol–water partition coefficient (Wildman–Crippen LogP) is 8.78. The molecule has 2 atom stereocenters. The van der Waals surface area contributed by atoms with Crippen molar-refractivity contribution < 1.29 is 19.1 Å². The molecular weight excluding hydrogens is 488 g/mol. The van der Waals surface area contributed by atoms with Crippen LogP contribution in [0.3, 0.4) is 0 Å². The molecule has 2 N–H and O–H groups in total. The van der Waals surface area contributed by atoms with Crippen LogP contribution in [0.1, 0.15) is 154 Å². The summed E-state index contributed by atoms with van der Waals surface area (Å²) in [7, 11) is 0. The molecule has 0 radical (unpaired) electrons. The molecule has 1 heterocycles. The Hall–Kier alpha value is -2.11. The van der Waals surface area contributed by atoms with Crippen LogP contribution in [0.25, 0.3) is 0 Å². The maximum Gasteiger partial charge on any atom is 0.342 e. The van der Waals surface area contributed by atoms with Gasteiger partial charge in [-0.3, -0.25) is 9.59 Å². The molecule has 6 heteroatoms. The molecule has 1 aliphatic carbocycles. The number of rotatable bonds is 9. The van der Waals surface area contributed by atoms with E-state index < -0.39 is 11.4 Å². The van der Waals surface area contributed by atoms with E-state index in [1.54, 1.807) is 0 Å². The molecule has 0 saturated heterocycles. The largest absolute Gasteiger partial charge is 0.458 e. The molecule has 0 aromatic carbocycles. The van der Waals surface area contributed by atoms with E-state index in [1.165, 1.54) is 6.92 Å². The van der Waals surface area contributed by atoms with E-state index in [-0.39, 0.29) is 52.2 Å². The Balaban J connectivity index is 2.68. The van der Waals surface area contributed by atoms with Crippen molar-refractivity contribution in [3.63, 3.8) is 0 Å². The van der Waals surface area contributed by atoms with Gasteiger partial charge in [0.15, 0.2) is 5.78 Å². The van der Waals surface area contributed by atoms with E-state index in [9.17, 15) is 14.4 Å². The van der Waals surface area contributed by atoms with E-state index in [0.29, 0.717) is 42.0 Å². The third kappa shape index (κ3) is 6.97. The average molecular weight is 545 g/mol. The van der Waals surface area contributed by atoms with Gasteiger partial charge < -0.3 is 15.0 Å². The lowest BCUT2D eigenvalue weighted by molar-refractivity contribution is -0.126. The Bertz CT molecular complexity index is 1000. The van der Waals surface area contributed by atoms with Gasteiger partial charge in [-0.15, -0.1) is 0 Å². The minimum atomic E-state index is -0.547. The summed E-state index contributed by atoms with van der Waals surface area (Å²) in [6.07, 6.45) is 3.77. The highest BCUT2D eigenvalue weighted by Crippen LogP contribution is 2.50. The van der Waals surface area contributed by atoms with Crippen LogP contribution in [-0.2, 0) is 9.53 Å². The highest BCUT2D eigenvalue weighted by molar-refractivity contribution is 6.07. The lowest BCUT2D eigenvalue weighted by Gasteiger charge is -2.50. The number of ketones is 1. The first kappa shape index (κ1) is 33.1. The number of carbonyl (C=O) groups is 3. The van der Waals surface area contributed by atoms with Crippen LogP contribution in [0, 0.1) is 34.0 Å². The molecule has 0 aliphatic heterocycles. The number of aromatic nitrogens is 1. The lowest BCUT2D eigenvalue weighted by atomic mass is 9.59. The number of hydrogen-bond donors (Lipinski definition) is 2. The third-order valence-corrected chi connectivity index (χ3v) is 9.50. The van der Waals surface area contributed by atoms with Gasteiger partial charge in [-0.25, -0.2) is 4.79 Å². The summed E-state index contributed by atoms with van der Waals surface area (Å²) in [6, 6.07) is 0. The van der Waals surface area contributed by atoms with Gasteiger partial charge in [-0.2, -0.15) is 0 Å². The normalized spacial score (nSPS) is 22.6. The number of anilines is 1. The number of carbonyl (C=O) groups excluding carboxylic acids is 3. The molecular formula is C33H56N2O4. The monoisotopic (exact) mass is 544 g/mol. The van der Waals surface area contributed by atoms with Crippen molar-refractivity contribution in [2.24, 2.45) is 34.0 Å². The number of esters is 1. The van der Waals surface area contributed by atoms with Crippen molar-refractivity contribution in [1.29, 1.82) is 0 Å². The van der Waals surface area contributed by atoms with Crippen molar-refractivity contribution in [2.75, 3.05) is 5.32 Å². The molecule has 1 fully saturated rings. The number of Topliss-reactive ketones (excluding diaryl/α,β-unsaturated/α-hetero) is 1. The van der Waals surface area contributed by atoms with Gasteiger partial charge in [0, 0.05) is 29.7 Å². The minimum Gasteiger partial charge on any atom is -0.458 e. The number of H-pyrrole nitrogens is 1. The third-order valence-electron chi connectivity index (χ3n) is 9.50. The van der Waals surface area contributed by atoms with Crippen molar-refractivity contribution >= 4 is 23.5 Å². The molecule has 222 valence electrons. The van der Waals surface area contributed by atoms with Gasteiger partial charge >= 0.3 is 5.97 Å². The van der Waals surface area contributed by atoms with Crippen LogP contribution in [-0.4, -0.2) is 28.7 Å². The maximum atomic E-state index is 14.3. The zero-order valence-electron chi connectivity index (χ0n) is 27.1. The molecule has 1 aromatic heterocycles. The number of nitrogens with one attached hydrogen (secondary N) is 2. The molecule has 1 aromatic rings. The second kappa shape index (κ2) is 12.2. The molecule has 2 unspecified atom stereocenters. The summed E-state index contributed by atoms with van der Waals surface area (Å²) < 4.78 is 6.55. The summed E-state index contributed by atoms with van der Waals surface area (Å²) in [4.78, 5) is 43.7. The topological polar surface area (TPSA) is 88.3 Å². The number of amides is 1. The van der Waals surface area contributed by atoms with E-state index in [2.05, 4.69) is 58.8 Å². The molecule has 0 bridgehead atoms. The van der Waals surface area contributed by atoms with Crippen LogP contribution in [0.4, 0.5) is 5.82 Å². The summed E-state index contributed by atoms with van der Waals surface area (Å²) in [5.41, 5.74) is 0.620. The first-order valence-electron chi connectivity index (χ1n) is 15.1. The van der Waals surface area contributed by atoms with Crippen LogP contribution in [0.2, 0.25) is 0 Å². The molecule has 1 aliphatic rings. The number of aromatic amines is 1. The Labute approximate surface area is 237 Å². The standard InChI is InChI=1S/C33H56N2O4/c1-14-33(15-2,16-3)30(38)35-28-25(24(19(4)5)26(34-28)21(7)36)29(37)39-27-22(31(8,9)10)17-20(6)18-23(27)32(11,12)13/h19-20,22-23,27,34H,14-18H2,1-13H3,(H,35,38). The predicted molar refractivity (Wildman–Crippen MR) is 160 cm³/mol. The van der Waals surface area contributed by atoms with Gasteiger partial charge in [0.05, 0.1) is 5.69 Å². The van der Waals surface area contributed by atoms with E-state index in [4.69, 9.17) is 4.74 Å². The van der Waals surface area contributed by atoms with Crippen molar-refractivity contribution in [3.05, 3.63) is 16.8 Å². The van der Waals surface area contributed by atoms with Gasteiger partial charge in [0.1, 0.15) is 17.5 Å². The molecule has 39 heavy (non-hydrogen) atoms. The smallest absolute Gasteiger partial charge is 0.342 e. The fraction of sp³-hybridized carbons (Fsp3) is 0.788. The molecule has 2 rings (SSSR count). The average Bonchev–Trinajstić information content (AvgIpc) is 3.20. The van der Waals surface area contributed by atoms with Crippen LogP contribution in [0.15, 0.2) is 0 Å². The van der Waals surface area contributed by atoms with Crippen molar-refractivity contribution in [1.82, 2.24) is 4.98 Å². The molecule has 1 amide bonds. The first-order valence-corrected chi connectivity index (χ1v) is 15.1. The summed E-state index contributed by atoms with van der Waals surface area (Å²) in [5, 5.41) is 3.04. The maximum absolute atomic E-state index is 14.3. The fourth-order valence-corrected chi connectivity index (χ4v) is 6.70. The van der Waals surface area contributed by atoms with Crippen molar-refractivity contribution in [2.45, 2.75) is 134 Å². The number of ether oxygens (including phenoxy) is 1. The Kier molecular flexibility index (Phi) is 10.3. The fourth-order valence-electron chi connectivity index (χ4n) is 6.70. The highest BCUT2D eigenvalue weighted by atomic mass is 16.5. The summed E-state index contributed by atoms with van der Waals surface area (Å²) in [5.74, 6) is 0.303. The Morgan fingerprint density at radius 2 is 1.38 bits per heavy atom. The SMILES string of the molecule is CCC(CC)(CC)C(=O)Nc1[nH]c(C(C)=O)c(C(C)C)c1C(=O)OC1C(C(C)(C)C)CC(C)CC1C(C)(C)C. The van der Waals surface area contributed by atoms with Gasteiger partial charge in [-0.1, -0.05) is 83.1 Å². The first-order chi connectivity index (χ1) is 17.8. The summed E-state index contributed by atoms with van der Waals surface area (Å²) in [6.45, 7) is 27.1.